The Bertz CT molecular complexity index is 1390. The summed E-state index contributed by atoms with van der Waals surface area (Å²) >= 11 is 0. The van der Waals surface area contributed by atoms with Gasteiger partial charge in [-0.25, -0.2) is 4.98 Å². The summed E-state index contributed by atoms with van der Waals surface area (Å²) in [4.78, 5) is 13.6. The molecule has 2 fully saturated rings. The van der Waals surface area contributed by atoms with Gasteiger partial charge in [-0.1, -0.05) is 13.8 Å². The first-order chi connectivity index (χ1) is 17.9. The zero-order valence-electron chi connectivity index (χ0n) is 23.1. The van der Waals surface area contributed by atoms with E-state index in [1.54, 1.807) is 5.56 Å². The topological polar surface area (TPSA) is 63.8 Å². The fourth-order valence-electron chi connectivity index (χ4n) is 6.98. The molecule has 2 aliphatic rings. The Balaban J connectivity index is 1.25. The summed E-state index contributed by atoms with van der Waals surface area (Å²) in [6.07, 6.45) is 7.66. The van der Waals surface area contributed by atoms with Crippen molar-refractivity contribution in [3.8, 4) is 11.3 Å². The van der Waals surface area contributed by atoms with Gasteiger partial charge in [0.1, 0.15) is 0 Å². The normalized spacial score (nSPS) is 20.4. The number of nitrogens with zero attached hydrogens (tertiary/aromatic N) is 4. The molecule has 0 radical (unpaired) electrons. The molecule has 37 heavy (non-hydrogen) atoms. The third-order valence-electron chi connectivity index (χ3n) is 9.02. The van der Waals surface area contributed by atoms with E-state index in [1.807, 2.05) is 12.4 Å². The molecule has 4 aromatic rings. The Morgan fingerprint density at radius 2 is 1.84 bits per heavy atom. The zero-order chi connectivity index (χ0) is 25.7. The van der Waals surface area contributed by atoms with E-state index in [0.29, 0.717) is 17.9 Å². The highest BCUT2D eigenvalue weighted by Gasteiger charge is 2.29. The van der Waals surface area contributed by atoms with E-state index in [0.717, 1.165) is 17.0 Å². The van der Waals surface area contributed by atoms with E-state index in [4.69, 9.17) is 0 Å². The van der Waals surface area contributed by atoms with Gasteiger partial charge in [0, 0.05) is 47.2 Å². The van der Waals surface area contributed by atoms with Gasteiger partial charge in [0.2, 0.25) is 0 Å². The number of aromatic nitrogens is 4. The second-order valence-electron chi connectivity index (χ2n) is 12.1. The molecule has 6 nitrogen and oxygen atoms in total. The first kappa shape index (κ1) is 24.6. The van der Waals surface area contributed by atoms with Gasteiger partial charge in [0.05, 0.1) is 11.9 Å². The SMILES string of the molecule is Cc1cc2[nH]c(-c3ccnc4[nH]ncc34)c(C(C)C)c2cc1C1CCN(CC2CCN(C(C)C)C2)CC1. The van der Waals surface area contributed by atoms with E-state index in [2.05, 4.69) is 82.8 Å². The number of piperidine rings is 1. The Labute approximate surface area is 220 Å². The van der Waals surface area contributed by atoms with E-state index in [9.17, 15) is 0 Å². The highest BCUT2D eigenvalue weighted by molar-refractivity contribution is 5.99. The number of aromatic amines is 2. The maximum absolute atomic E-state index is 4.46. The second-order valence-corrected chi connectivity index (χ2v) is 12.1. The van der Waals surface area contributed by atoms with Crippen LogP contribution >= 0.6 is 0 Å². The van der Waals surface area contributed by atoms with Crippen LogP contribution in [0.25, 0.3) is 33.2 Å². The van der Waals surface area contributed by atoms with E-state index in [1.165, 1.54) is 85.3 Å². The maximum atomic E-state index is 4.46. The molecular weight excluding hydrogens is 456 g/mol. The summed E-state index contributed by atoms with van der Waals surface area (Å²) in [5.74, 6) is 1.91. The number of hydrogen-bond donors (Lipinski definition) is 2. The first-order valence-electron chi connectivity index (χ1n) is 14.3. The maximum Gasteiger partial charge on any atom is 0.155 e. The van der Waals surface area contributed by atoms with Gasteiger partial charge in [-0.15, -0.1) is 0 Å². The number of likely N-dealkylation sites (tertiary alicyclic amines) is 2. The van der Waals surface area contributed by atoms with Gasteiger partial charge in [-0.3, -0.25) is 5.10 Å². The predicted molar refractivity (Wildman–Crippen MR) is 153 cm³/mol. The molecule has 3 aromatic heterocycles. The Morgan fingerprint density at radius 1 is 1.03 bits per heavy atom. The molecule has 1 aromatic carbocycles. The number of nitrogens with one attached hydrogen (secondary N) is 2. The van der Waals surface area contributed by atoms with Crippen LogP contribution in [0.15, 0.2) is 30.6 Å². The van der Waals surface area contributed by atoms with Crippen LogP contribution < -0.4 is 0 Å². The largest absolute Gasteiger partial charge is 0.354 e. The van der Waals surface area contributed by atoms with Crippen LogP contribution in [0.3, 0.4) is 0 Å². The average Bonchev–Trinajstić information content (AvgIpc) is 3.62. The quantitative estimate of drug-likeness (QED) is 0.321. The Morgan fingerprint density at radius 3 is 2.57 bits per heavy atom. The van der Waals surface area contributed by atoms with Gasteiger partial charge in [0.15, 0.2) is 5.65 Å². The van der Waals surface area contributed by atoms with E-state index >= 15 is 0 Å². The molecule has 0 bridgehead atoms. The highest BCUT2D eigenvalue weighted by Crippen LogP contribution is 2.41. The van der Waals surface area contributed by atoms with Crippen LogP contribution in [0.1, 0.15) is 75.5 Å². The number of fused-ring (bicyclic) bond motifs is 2. The van der Waals surface area contributed by atoms with Crippen LogP contribution in [0.4, 0.5) is 0 Å². The number of benzene rings is 1. The van der Waals surface area contributed by atoms with Crippen LogP contribution in [0.2, 0.25) is 0 Å². The van der Waals surface area contributed by atoms with Crippen molar-refractivity contribution >= 4 is 21.9 Å². The monoisotopic (exact) mass is 498 g/mol. The van der Waals surface area contributed by atoms with Crippen LogP contribution in [-0.2, 0) is 0 Å². The lowest BCUT2D eigenvalue weighted by molar-refractivity contribution is 0.177. The second kappa shape index (κ2) is 9.88. The molecule has 6 heteroatoms. The lowest BCUT2D eigenvalue weighted by Crippen LogP contribution is -2.38. The van der Waals surface area contributed by atoms with Gasteiger partial charge < -0.3 is 14.8 Å². The molecule has 2 N–H and O–H groups in total. The highest BCUT2D eigenvalue weighted by atomic mass is 15.2. The van der Waals surface area contributed by atoms with Gasteiger partial charge >= 0.3 is 0 Å². The minimum atomic E-state index is 0.410. The van der Waals surface area contributed by atoms with Gasteiger partial charge in [-0.2, -0.15) is 5.10 Å². The van der Waals surface area contributed by atoms with Crippen LogP contribution in [0.5, 0.6) is 0 Å². The molecule has 5 heterocycles. The smallest absolute Gasteiger partial charge is 0.155 e. The lowest BCUT2D eigenvalue weighted by atomic mass is 9.84. The van der Waals surface area contributed by atoms with Crippen LogP contribution in [-0.4, -0.2) is 68.7 Å². The first-order valence-corrected chi connectivity index (χ1v) is 14.3. The number of H-pyrrole nitrogens is 2. The van der Waals surface area contributed by atoms with Gasteiger partial charge in [0.25, 0.3) is 0 Å². The fourth-order valence-corrected chi connectivity index (χ4v) is 6.98. The van der Waals surface area contributed by atoms with Crippen molar-refractivity contribution in [2.75, 3.05) is 32.7 Å². The number of hydrogen-bond acceptors (Lipinski definition) is 4. The molecule has 6 rings (SSSR count). The average molecular weight is 499 g/mol. The van der Waals surface area contributed by atoms with Crippen molar-refractivity contribution in [1.29, 1.82) is 0 Å². The molecule has 2 aliphatic heterocycles. The molecule has 1 atom stereocenters. The summed E-state index contributed by atoms with van der Waals surface area (Å²) in [6.45, 7) is 17.9. The fraction of sp³-hybridized carbons (Fsp3) is 0.548. The Hall–Kier alpha value is -2.70. The molecule has 0 amide bonds. The summed E-state index contributed by atoms with van der Waals surface area (Å²) in [6, 6.07) is 7.70. The zero-order valence-corrected chi connectivity index (χ0v) is 23.1. The summed E-state index contributed by atoms with van der Waals surface area (Å²) in [5, 5.41) is 9.72. The van der Waals surface area contributed by atoms with E-state index in [-0.39, 0.29) is 0 Å². The molecule has 2 saturated heterocycles. The minimum absolute atomic E-state index is 0.410. The third kappa shape index (κ3) is 4.59. The summed E-state index contributed by atoms with van der Waals surface area (Å²) in [5.41, 5.74) is 8.82. The molecular formula is C31H42N6. The van der Waals surface area contributed by atoms with Crippen molar-refractivity contribution in [2.24, 2.45) is 5.92 Å². The summed E-state index contributed by atoms with van der Waals surface area (Å²) in [7, 11) is 0. The van der Waals surface area contributed by atoms with Crippen LogP contribution in [0, 0.1) is 12.8 Å². The standard InChI is InChI=1S/C31H42N6/c1-19(2)29-26-15-25(23-8-11-36(12-9-23)17-22-7-13-37(18-22)20(3)4)21(5)14-28(26)34-30(29)24-6-10-32-31-27(24)16-33-35-31/h6,10,14-16,19-20,22-23,34H,7-9,11-13,17-18H2,1-5H3,(H,32,33,35). The van der Waals surface area contributed by atoms with Crippen molar-refractivity contribution in [3.05, 3.63) is 47.3 Å². The van der Waals surface area contributed by atoms with Crippen molar-refractivity contribution in [2.45, 2.75) is 71.8 Å². The van der Waals surface area contributed by atoms with Crippen molar-refractivity contribution < 1.29 is 0 Å². The minimum Gasteiger partial charge on any atom is -0.354 e. The van der Waals surface area contributed by atoms with Gasteiger partial charge in [-0.05, 0) is 112 Å². The van der Waals surface area contributed by atoms with Crippen molar-refractivity contribution in [3.63, 3.8) is 0 Å². The predicted octanol–water partition coefficient (Wildman–Crippen LogP) is 6.45. The number of pyridine rings is 1. The molecule has 1 unspecified atom stereocenters. The van der Waals surface area contributed by atoms with E-state index < -0.39 is 0 Å². The molecule has 0 saturated carbocycles. The summed E-state index contributed by atoms with van der Waals surface area (Å²) < 4.78 is 0. The number of rotatable bonds is 6. The third-order valence-corrected chi connectivity index (χ3v) is 9.02. The number of aryl methyl sites for hydroxylation is 1. The molecule has 0 aliphatic carbocycles. The van der Waals surface area contributed by atoms with Crippen molar-refractivity contribution in [1.82, 2.24) is 30.0 Å². The lowest BCUT2D eigenvalue weighted by Gasteiger charge is -2.34. The molecule has 0 spiro atoms. The Kier molecular flexibility index (Phi) is 6.58. The molecule has 196 valence electrons.